The molecule has 30 heavy (non-hydrogen) atoms. The summed E-state index contributed by atoms with van der Waals surface area (Å²) < 4.78 is 41.2. The number of ether oxygens (including phenoxy) is 1. The Hall–Kier alpha value is -3.08. The zero-order chi connectivity index (χ0) is 22.5. The maximum atomic E-state index is 12.6. The molecule has 0 aliphatic carbocycles. The zero-order valence-corrected chi connectivity index (χ0v) is 17.2. The van der Waals surface area contributed by atoms with Crippen molar-refractivity contribution >= 4 is 5.91 Å². The molecule has 2 atom stereocenters. The van der Waals surface area contributed by atoms with Crippen molar-refractivity contribution in [2.45, 2.75) is 51.2 Å². The van der Waals surface area contributed by atoms with Crippen LogP contribution in [0.25, 0.3) is 0 Å². The summed E-state index contributed by atoms with van der Waals surface area (Å²) in [6.45, 7) is 5.77. The van der Waals surface area contributed by atoms with Crippen LogP contribution in [0.1, 0.15) is 56.5 Å². The lowest BCUT2D eigenvalue weighted by Crippen LogP contribution is -2.31. The number of carbonyl (C=O) groups is 1. The molecule has 0 spiro atoms. The van der Waals surface area contributed by atoms with Crippen LogP contribution in [0.5, 0.6) is 5.75 Å². The first kappa shape index (κ1) is 23.2. The van der Waals surface area contributed by atoms with Crippen molar-refractivity contribution in [1.82, 2.24) is 10.3 Å². The van der Waals surface area contributed by atoms with Gasteiger partial charge in [-0.1, -0.05) is 24.3 Å². The largest absolute Gasteiger partial charge is 0.483 e. The van der Waals surface area contributed by atoms with Crippen LogP contribution in [0.3, 0.4) is 0 Å². The van der Waals surface area contributed by atoms with Crippen LogP contribution in [-0.4, -0.2) is 23.7 Å². The van der Waals surface area contributed by atoms with Gasteiger partial charge in [0.1, 0.15) is 5.75 Å². The maximum Gasteiger partial charge on any atom is 0.422 e. The smallest absolute Gasteiger partial charge is 0.422 e. The molecule has 1 aromatic heterocycles. The number of nitriles is 1. The monoisotopic (exact) mass is 419 g/mol. The Morgan fingerprint density at radius 1 is 1.17 bits per heavy atom. The van der Waals surface area contributed by atoms with E-state index < -0.39 is 30.2 Å². The van der Waals surface area contributed by atoms with Crippen molar-refractivity contribution in [3.8, 4) is 11.8 Å². The predicted octanol–water partition coefficient (Wildman–Crippen LogP) is 4.80. The van der Waals surface area contributed by atoms with Gasteiger partial charge in [-0.05, 0) is 51.0 Å². The fourth-order valence-corrected chi connectivity index (χ4v) is 2.72. The molecule has 2 aromatic rings. The van der Waals surface area contributed by atoms with Gasteiger partial charge in [0.2, 0.25) is 5.91 Å². The number of aromatic nitrogens is 1. The van der Waals surface area contributed by atoms with Gasteiger partial charge >= 0.3 is 6.18 Å². The minimum absolute atomic E-state index is 0.00310. The molecule has 5 nitrogen and oxygen atoms in total. The van der Waals surface area contributed by atoms with Gasteiger partial charge in [0.05, 0.1) is 35.3 Å². The van der Waals surface area contributed by atoms with E-state index in [0.717, 1.165) is 11.1 Å². The molecule has 0 bridgehead atoms. The molecular weight excluding hydrogens is 395 g/mol. The van der Waals surface area contributed by atoms with E-state index in [9.17, 15) is 23.2 Å². The minimum Gasteiger partial charge on any atom is -0.483 e. The summed E-state index contributed by atoms with van der Waals surface area (Å²) in [5.74, 6) is -0.640. The Kier molecular flexibility index (Phi) is 7.08. The van der Waals surface area contributed by atoms with E-state index in [1.165, 1.54) is 18.3 Å². The number of benzene rings is 1. The third-order valence-electron chi connectivity index (χ3n) is 4.77. The molecule has 1 heterocycles. The van der Waals surface area contributed by atoms with E-state index in [-0.39, 0.29) is 11.7 Å². The summed E-state index contributed by atoms with van der Waals surface area (Å²) in [6, 6.07) is 12.0. The molecule has 0 saturated carbocycles. The number of halogens is 3. The Balaban J connectivity index is 1.98. The number of hydrogen-bond donors (Lipinski definition) is 1. The second-order valence-electron chi connectivity index (χ2n) is 7.63. The number of rotatable bonds is 7. The first-order valence-corrected chi connectivity index (χ1v) is 9.40. The highest BCUT2D eigenvalue weighted by Crippen LogP contribution is 2.25. The van der Waals surface area contributed by atoms with Crippen molar-refractivity contribution < 1.29 is 22.7 Å². The van der Waals surface area contributed by atoms with Crippen LogP contribution in [0, 0.1) is 11.3 Å². The Morgan fingerprint density at radius 2 is 1.80 bits per heavy atom. The summed E-state index contributed by atoms with van der Waals surface area (Å²) in [6.07, 6.45) is -3.22. The maximum absolute atomic E-state index is 12.6. The Bertz CT molecular complexity index is 901. The first-order valence-electron chi connectivity index (χ1n) is 9.40. The van der Waals surface area contributed by atoms with Crippen molar-refractivity contribution in [3.63, 3.8) is 0 Å². The minimum atomic E-state index is -4.42. The average molecular weight is 419 g/mol. The second kappa shape index (κ2) is 9.16. The molecule has 1 amide bonds. The number of amides is 1. The number of alkyl halides is 3. The molecule has 0 fully saturated rings. The first-order chi connectivity index (χ1) is 13.9. The van der Waals surface area contributed by atoms with Gasteiger partial charge < -0.3 is 10.1 Å². The molecule has 8 heteroatoms. The van der Waals surface area contributed by atoms with E-state index in [2.05, 4.69) is 21.1 Å². The van der Waals surface area contributed by atoms with Gasteiger partial charge in [-0.2, -0.15) is 18.4 Å². The number of hydrogen-bond acceptors (Lipinski definition) is 4. The van der Waals surface area contributed by atoms with Crippen molar-refractivity contribution in [3.05, 3.63) is 59.4 Å². The SMILES string of the molecule is CC(NC(=O)C(C)c1ccc(C(C)(C)C#N)cc1)c1ccc(OCC(F)(F)F)cn1. The second-order valence-corrected chi connectivity index (χ2v) is 7.63. The van der Waals surface area contributed by atoms with Gasteiger partial charge in [0.15, 0.2) is 6.61 Å². The van der Waals surface area contributed by atoms with Gasteiger partial charge in [-0.15, -0.1) is 0 Å². The standard InChI is InChI=1S/C22H24F3N3O2/c1-14(16-5-7-17(8-6-16)21(3,4)12-26)20(29)28-15(2)19-10-9-18(11-27-19)30-13-22(23,24)25/h5-11,14-15H,13H2,1-4H3,(H,28,29). The van der Waals surface area contributed by atoms with Gasteiger partial charge in [-0.3, -0.25) is 9.78 Å². The predicted molar refractivity (Wildman–Crippen MR) is 106 cm³/mol. The Morgan fingerprint density at radius 3 is 2.30 bits per heavy atom. The molecule has 0 aliphatic heterocycles. The molecule has 1 N–H and O–H groups in total. The van der Waals surface area contributed by atoms with Crippen molar-refractivity contribution in [1.29, 1.82) is 5.26 Å². The van der Waals surface area contributed by atoms with Gasteiger partial charge in [0, 0.05) is 0 Å². The number of nitrogens with one attached hydrogen (secondary N) is 1. The summed E-state index contributed by atoms with van der Waals surface area (Å²) >= 11 is 0. The van der Waals surface area contributed by atoms with Crippen LogP contribution in [-0.2, 0) is 10.2 Å². The lowest BCUT2D eigenvalue weighted by Gasteiger charge is -2.19. The number of carbonyl (C=O) groups excluding carboxylic acids is 1. The topological polar surface area (TPSA) is 75.0 Å². The average Bonchev–Trinajstić information content (AvgIpc) is 2.71. The molecule has 0 aliphatic rings. The fourth-order valence-electron chi connectivity index (χ4n) is 2.72. The highest BCUT2D eigenvalue weighted by Gasteiger charge is 2.28. The van der Waals surface area contributed by atoms with E-state index in [1.54, 1.807) is 13.8 Å². The van der Waals surface area contributed by atoms with Crippen molar-refractivity contribution in [2.24, 2.45) is 0 Å². The molecule has 0 saturated heterocycles. The lowest BCUT2D eigenvalue weighted by molar-refractivity contribution is -0.153. The number of pyridine rings is 1. The van der Waals surface area contributed by atoms with Crippen LogP contribution in [0.15, 0.2) is 42.6 Å². The normalized spacial score (nSPS) is 13.8. The summed E-state index contributed by atoms with van der Waals surface area (Å²) in [7, 11) is 0. The van der Waals surface area contributed by atoms with Crippen LogP contribution >= 0.6 is 0 Å². The van der Waals surface area contributed by atoms with Crippen LogP contribution < -0.4 is 10.1 Å². The fraction of sp³-hybridized carbons (Fsp3) is 0.409. The third kappa shape index (κ3) is 6.21. The molecule has 0 radical (unpaired) electrons. The highest BCUT2D eigenvalue weighted by molar-refractivity contribution is 5.83. The zero-order valence-electron chi connectivity index (χ0n) is 17.2. The Labute approximate surface area is 173 Å². The van der Waals surface area contributed by atoms with Gasteiger partial charge in [-0.25, -0.2) is 0 Å². The highest BCUT2D eigenvalue weighted by atomic mass is 19.4. The summed E-state index contributed by atoms with van der Waals surface area (Å²) in [4.78, 5) is 16.7. The van der Waals surface area contributed by atoms with E-state index >= 15 is 0 Å². The summed E-state index contributed by atoms with van der Waals surface area (Å²) in [5.41, 5.74) is 1.56. The molecule has 2 rings (SSSR count). The molecule has 2 unspecified atom stereocenters. The summed E-state index contributed by atoms with van der Waals surface area (Å²) in [5, 5.41) is 12.1. The molecule has 1 aromatic carbocycles. The third-order valence-corrected chi connectivity index (χ3v) is 4.77. The van der Waals surface area contributed by atoms with E-state index in [0.29, 0.717) is 5.69 Å². The molecular formula is C22H24F3N3O2. The number of nitrogens with zero attached hydrogens (tertiary/aromatic N) is 2. The van der Waals surface area contributed by atoms with Crippen LogP contribution in [0.2, 0.25) is 0 Å². The van der Waals surface area contributed by atoms with Gasteiger partial charge in [0.25, 0.3) is 0 Å². The van der Waals surface area contributed by atoms with E-state index in [4.69, 9.17) is 0 Å². The quantitative estimate of drug-likeness (QED) is 0.699. The van der Waals surface area contributed by atoms with Crippen molar-refractivity contribution in [2.75, 3.05) is 6.61 Å². The molecule has 160 valence electrons. The van der Waals surface area contributed by atoms with Crippen LogP contribution in [0.4, 0.5) is 13.2 Å². The van der Waals surface area contributed by atoms with E-state index in [1.807, 2.05) is 38.1 Å². The lowest BCUT2D eigenvalue weighted by atomic mass is 9.85.